The van der Waals surface area contributed by atoms with Crippen molar-refractivity contribution in [3.05, 3.63) is 30.0 Å². The Kier molecular flexibility index (Phi) is 4.50. The number of rotatable bonds is 6. The van der Waals surface area contributed by atoms with Gasteiger partial charge in [0, 0.05) is 7.05 Å². The summed E-state index contributed by atoms with van der Waals surface area (Å²) in [6.45, 7) is 4.73. The molecule has 0 atom stereocenters. The number of benzene rings is 1. The molecule has 0 aliphatic carbocycles. The van der Waals surface area contributed by atoms with Gasteiger partial charge in [-0.1, -0.05) is 26.0 Å². The van der Waals surface area contributed by atoms with Gasteiger partial charge in [-0.05, 0) is 25.0 Å². The molecule has 2 N–H and O–H groups in total. The highest BCUT2D eigenvalue weighted by Gasteiger charge is 2.15. The fourth-order valence-electron chi connectivity index (χ4n) is 1.93. The summed E-state index contributed by atoms with van der Waals surface area (Å²) in [7, 11) is 1.82. The Bertz CT molecular complexity index is 578. The van der Waals surface area contributed by atoms with Gasteiger partial charge in [0.05, 0.1) is 12.3 Å². The normalized spacial score (nSPS) is 10.6. The van der Waals surface area contributed by atoms with Gasteiger partial charge in [0.2, 0.25) is 5.88 Å². The summed E-state index contributed by atoms with van der Waals surface area (Å²) in [5.41, 5.74) is 7.49. The van der Waals surface area contributed by atoms with Crippen molar-refractivity contribution in [1.82, 2.24) is 9.78 Å². The number of nitrogens with zero attached hydrogens (tertiary/aromatic N) is 2. The van der Waals surface area contributed by atoms with Gasteiger partial charge in [0.25, 0.3) is 0 Å². The van der Waals surface area contributed by atoms with E-state index in [1.807, 2.05) is 38.2 Å². The Morgan fingerprint density at radius 3 is 2.50 bits per heavy atom. The molecule has 5 nitrogen and oxygen atoms in total. The topological polar surface area (TPSA) is 62.3 Å². The zero-order chi connectivity index (χ0) is 14.5. The van der Waals surface area contributed by atoms with E-state index in [4.69, 9.17) is 15.2 Å². The Morgan fingerprint density at radius 2 is 1.90 bits per heavy atom. The van der Waals surface area contributed by atoms with Gasteiger partial charge in [0.15, 0.2) is 11.5 Å². The molecule has 2 rings (SSSR count). The third-order valence-corrected chi connectivity index (χ3v) is 2.96. The predicted octanol–water partition coefficient (Wildman–Crippen LogP) is 3.15. The maximum absolute atomic E-state index is 6.06. The van der Waals surface area contributed by atoms with Crippen LogP contribution in [0.4, 0.5) is 5.69 Å². The van der Waals surface area contributed by atoms with Crippen LogP contribution in [0.15, 0.2) is 24.3 Å². The van der Waals surface area contributed by atoms with Crippen molar-refractivity contribution >= 4 is 5.69 Å². The lowest BCUT2D eigenvalue weighted by atomic mass is 10.3. The van der Waals surface area contributed by atoms with Crippen LogP contribution in [-0.4, -0.2) is 16.4 Å². The average molecular weight is 275 g/mol. The smallest absolute Gasteiger partial charge is 0.241 e. The molecule has 0 radical (unpaired) electrons. The van der Waals surface area contributed by atoms with E-state index in [0.717, 1.165) is 18.5 Å². The lowest BCUT2D eigenvalue weighted by Gasteiger charge is -2.12. The van der Waals surface area contributed by atoms with Crippen LogP contribution in [0.3, 0.4) is 0 Å². The van der Waals surface area contributed by atoms with E-state index in [1.165, 1.54) is 0 Å². The van der Waals surface area contributed by atoms with Gasteiger partial charge >= 0.3 is 0 Å². The molecule has 108 valence electrons. The molecule has 1 aromatic carbocycles. The molecule has 0 spiro atoms. The maximum atomic E-state index is 6.06. The highest BCUT2D eigenvalue weighted by molar-refractivity contribution is 5.55. The van der Waals surface area contributed by atoms with Crippen molar-refractivity contribution in [2.45, 2.75) is 26.7 Å². The second-order valence-electron chi connectivity index (χ2n) is 4.54. The zero-order valence-electron chi connectivity index (χ0n) is 12.2. The molecule has 5 heteroatoms. The van der Waals surface area contributed by atoms with E-state index in [2.05, 4.69) is 12.0 Å². The van der Waals surface area contributed by atoms with Crippen molar-refractivity contribution in [1.29, 1.82) is 0 Å². The molecule has 0 aliphatic rings. The van der Waals surface area contributed by atoms with Gasteiger partial charge in [-0.25, -0.2) is 4.68 Å². The highest BCUT2D eigenvalue weighted by atomic mass is 16.5. The van der Waals surface area contributed by atoms with E-state index in [-0.39, 0.29) is 0 Å². The van der Waals surface area contributed by atoms with Gasteiger partial charge in [-0.2, -0.15) is 5.10 Å². The number of anilines is 1. The molecule has 0 amide bonds. The third-order valence-electron chi connectivity index (χ3n) is 2.96. The minimum Gasteiger partial charge on any atom is -0.490 e. The van der Waals surface area contributed by atoms with Crippen LogP contribution < -0.4 is 15.2 Å². The Balaban J connectivity index is 2.28. The zero-order valence-corrected chi connectivity index (χ0v) is 12.2. The molecule has 1 aromatic heterocycles. The summed E-state index contributed by atoms with van der Waals surface area (Å²) in [4.78, 5) is 0. The fourth-order valence-corrected chi connectivity index (χ4v) is 1.93. The molecular weight excluding hydrogens is 254 g/mol. The summed E-state index contributed by atoms with van der Waals surface area (Å²) in [6.07, 6.45) is 1.72. The molecule has 0 bridgehead atoms. The first-order valence-electron chi connectivity index (χ1n) is 6.88. The third kappa shape index (κ3) is 2.87. The number of aromatic nitrogens is 2. The minimum absolute atomic E-state index is 0.550. The number of ether oxygens (including phenoxy) is 2. The lowest BCUT2D eigenvalue weighted by molar-refractivity contribution is 0.299. The molecule has 0 saturated heterocycles. The maximum Gasteiger partial charge on any atom is 0.241 e. The van der Waals surface area contributed by atoms with Crippen molar-refractivity contribution in [3.8, 4) is 17.4 Å². The van der Waals surface area contributed by atoms with Crippen LogP contribution in [-0.2, 0) is 13.5 Å². The van der Waals surface area contributed by atoms with E-state index in [1.54, 1.807) is 4.68 Å². The largest absolute Gasteiger partial charge is 0.490 e. The average Bonchev–Trinajstić information content (AvgIpc) is 2.73. The van der Waals surface area contributed by atoms with Crippen LogP contribution in [0.1, 0.15) is 26.0 Å². The van der Waals surface area contributed by atoms with Crippen molar-refractivity contribution in [2.24, 2.45) is 7.05 Å². The molecule has 0 aliphatic heterocycles. The van der Waals surface area contributed by atoms with E-state index >= 15 is 0 Å². The Morgan fingerprint density at radius 1 is 1.20 bits per heavy atom. The summed E-state index contributed by atoms with van der Waals surface area (Å²) in [5, 5.41) is 4.34. The standard InChI is InChI=1S/C15H21N3O2/c1-4-10-19-12-8-6-7-9-13(12)20-15-14(16)11(5-2)17-18(15)3/h6-9H,4-5,10,16H2,1-3H3. The first-order valence-corrected chi connectivity index (χ1v) is 6.88. The van der Waals surface area contributed by atoms with E-state index in [0.29, 0.717) is 29.7 Å². The highest BCUT2D eigenvalue weighted by Crippen LogP contribution is 2.35. The number of hydrogen-bond donors (Lipinski definition) is 1. The van der Waals surface area contributed by atoms with E-state index in [9.17, 15) is 0 Å². The summed E-state index contributed by atoms with van der Waals surface area (Å²) in [5.74, 6) is 1.92. The monoisotopic (exact) mass is 275 g/mol. The number of nitrogens with two attached hydrogens (primary N) is 1. The van der Waals surface area contributed by atoms with Crippen molar-refractivity contribution in [2.75, 3.05) is 12.3 Å². The number of nitrogen functional groups attached to an aromatic ring is 1. The summed E-state index contributed by atoms with van der Waals surface area (Å²) in [6, 6.07) is 7.57. The molecule has 0 unspecified atom stereocenters. The first-order chi connectivity index (χ1) is 9.67. The molecule has 20 heavy (non-hydrogen) atoms. The predicted molar refractivity (Wildman–Crippen MR) is 79.3 cm³/mol. The van der Waals surface area contributed by atoms with Crippen LogP contribution in [0.25, 0.3) is 0 Å². The van der Waals surface area contributed by atoms with Gasteiger partial charge in [0.1, 0.15) is 5.69 Å². The number of aryl methyl sites for hydroxylation is 2. The first kappa shape index (κ1) is 14.2. The van der Waals surface area contributed by atoms with Gasteiger partial charge in [-0.15, -0.1) is 0 Å². The summed E-state index contributed by atoms with van der Waals surface area (Å²) < 4.78 is 13.2. The second kappa shape index (κ2) is 6.32. The number of hydrogen-bond acceptors (Lipinski definition) is 4. The van der Waals surface area contributed by atoms with Crippen LogP contribution in [0, 0.1) is 0 Å². The van der Waals surface area contributed by atoms with Gasteiger partial charge in [-0.3, -0.25) is 0 Å². The minimum atomic E-state index is 0.550. The van der Waals surface area contributed by atoms with Crippen LogP contribution in [0.2, 0.25) is 0 Å². The second-order valence-corrected chi connectivity index (χ2v) is 4.54. The summed E-state index contributed by atoms with van der Waals surface area (Å²) >= 11 is 0. The SMILES string of the molecule is CCCOc1ccccc1Oc1c(N)c(CC)nn1C. The quantitative estimate of drug-likeness (QED) is 0.879. The van der Waals surface area contributed by atoms with Crippen LogP contribution in [0.5, 0.6) is 17.4 Å². The lowest BCUT2D eigenvalue weighted by Crippen LogP contribution is -2.00. The Hall–Kier alpha value is -2.17. The van der Waals surface area contributed by atoms with Crippen molar-refractivity contribution < 1.29 is 9.47 Å². The fraction of sp³-hybridized carbons (Fsp3) is 0.400. The molecule has 0 saturated carbocycles. The Labute approximate surface area is 119 Å². The van der Waals surface area contributed by atoms with Crippen LogP contribution >= 0.6 is 0 Å². The van der Waals surface area contributed by atoms with E-state index < -0.39 is 0 Å². The van der Waals surface area contributed by atoms with Crippen molar-refractivity contribution in [3.63, 3.8) is 0 Å². The molecule has 2 aromatic rings. The molecular formula is C15H21N3O2. The molecule has 1 heterocycles. The molecule has 0 fully saturated rings. The number of para-hydroxylation sites is 2. The van der Waals surface area contributed by atoms with Gasteiger partial charge < -0.3 is 15.2 Å².